The van der Waals surface area contributed by atoms with Crippen LogP contribution in [0.1, 0.15) is 18.9 Å². The van der Waals surface area contributed by atoms with Crippen molar-refractivity contribution in [2.75, 3.05) is 6.61 Å². The zero-order valence-electron chi connectivity index (χ0n) is 8.98. The zero-order valence-corrected chi connectivity index (χ0v) is 8.98. The highest BCUT2D eigenvalue weighted by molar-refractivity contribution is 5.76. The predicted octanol–water partition coefficient (Wildman–Crippen LogP) is 1.98. The molecule has 15 heavy (non-hydrogen) atoms. The van der Waals surface area contributed by atoms with E-state index >= 15 is 0 Å². The number of fused-ring (bicyclic) bond motifs is 1. The van der Waals surface area contributed by atoms with Gasteiger partial charge in [-0.2, -0.15) is 0 Å². The van der Waals surface area contributed by atoms with Gasteiger partial charge in [0.25, 0.3) is 0 Å². The van der Waals surface area contributed by atoms with E-state index in [1.807, 2.05) is 6.33 Å². The Morgan fingerprint density at radius 2 is 2.27 bits per heavy atom. The summed E-state index contributed by atoms with van der Waals surface area (Å²) in [6, 6.07) is 6.33. The van der Waals surface area contributed by atoms with Crippen molar-refractivity contribution in [2.24, 2.45) is 0 Å². The smallest absolute Gasteiger partial charge is 0.0958 e. The first-order valence-electron chi connectivity index (χ1n) is 5.39. The number of hydrogen-bond acceptors (Lipinski definition) is 2. The van der Waals surface area contributed by atoms with Crippen LogP contribution in [-0.4, -0.2) is 21.3 Å². The molecule has 0 amide bonds. The van der Waals surface area contributed by atoms with Crippen molar-refractivity contribution in [1.82, 2.24) is 9.55 Å². The van der Waals surface area contributed by atoms with Gasteiger partial charge in [-0.05, 0) is 37.5 Å². The predicted molar refractivity (Wildman–Crippen MR) is 60.8 cm³/mol. The van der Waals surface area contributed by atoms with Crippen LogP contribution in [-0.2, 0) is 13.0 Å². The monoisotopic (exact) mass is 204 g/mol. The number of aliphatic hydroxyl groups excluding tert-OH is 1. The second-order valence-corrected chi connectivity index (χ2v) is 3.68. The molecular formula is C12H16N2O. The van der Waals surface area contributed by atoms with Gasteiger partial charge in [-0.1, -0.05) is 6.07 Å². The fourth-order valence-electron chi connectivity index (χ4n) is 1.80. The molecule has 0 saturated heterocycles. The quantitative estimate of drug-likeness (QED) is 0.827. The van der Waals surface area contributed by atoms with E-state index in [0.29, 0.717) is 0 Å². The fourth-order valence-corrected chi connectivity index (χ4v) is 1.80. The van der Waals surface area contributed by atoms with Crippen molar-refractivity contribution in [2.45, 2.75) is 26.3 Å². The molecule has 0 aliphatic heterocycles. The topological polar surface area (TPSA) is 38.0 Å². The van der Waals surface area contributed by atoms with Gasteiger partial charge in [0, 0.05) is 13.2 Å². The van der Waals surface area contributed by atoms with Crippen LogP contribution in [0.4, 0.5) is 0 Å². The summed E-state index contributed by atoms with van der Waals surface area (Å²) >= 11 is 0. The van der Waals surface area contributed by atoms with E-state index in [1.165, 1.54) is 11.1 Å². The maximum atomic E-state index is 8.76. The number of rotatable bonds is 4. The minimum atomic E-state index is 0.251. The van der Waals surface area contributed by atoms with Gasteiger partial charge in [-0.3, -0.25) is 0 Å². The lowest BCUT2D eigenvalue weighted by Crippen LogP contribution is -1.92. The number of hydrogen-bond donors (Lipinski definition) is 1. The maximum Gasteiger partial charge on any atom is 0.0958 e. The lowest BCUT2D eigenvalue weighted by molar-refractivity contribution is 0.288. The molecule has 1 aromatic carbocycles. The Hall–Kier alpha value is -1.35. The first kappa shape index (κ1) is 10.2. The molecule has 0 radical (unpaired) electrons. The highest BCUT2D eigenvalue weighted by Crippen LogP contribution is 2.15. The normalized spacial score (nSPS) is 11.1. The number of nitrogens with zero attached hydrogens (tertiary/aromatic N) is 2. The van der Waals surface area contributed by atoms with Gasteiger partial charge < -0.3 is 9.67 Å². The van der Waals surface area contributed by atoms with Gasteiger partial charge in [0.1, 0.15) is 0 Å². The van der Waals surface area contributed by atoms with E-state index < -0.39 is 0 Å². The van der Waals surface area contributed by atoms with Crippen molar-refractivity contribution in [3.8, 4) is 0 Å². The van der Waals surface area contributed by atoms with Gasteiger partial charge in [-0.15, -0.1) is 0 Å². The second-order valence-electron chi connectivity index (χ2n) is 3.68. The van der Waals surface area contributed by atoms with E-state index in [2.05, 4.69) is 34.7 Å². The van der Waals surface area contributed by atoms with Gasteiger partial charge in [0.15, 0.2) is 0 Å². The molecule has 80 valence electrons. The third-order valence-corrected chi connectivity index (χ3v) is 2.65. The average molecular weight is 204 g/mol. The van der Waals surface area contributed by atoms with Gasteiger partial charge in [0.2, 0.25) is 0 Å². The summed E-state index contributed by atoms with van der Waals surface area (Å²) in [4.78, 5) is 4.36. The second kappa shape index (κ2) is 4.45. The van der Waals surface area contributed by atoms with Crippen LogP contribution in [0.15, 0.2) is 24.5 Å². The lowest BCUT2D eigenvalue weighted by atomic mass is 10.1. The maximum absolute atomic E-state index is 8.76. The molecule has 0 spiro atoms. The summed E-state index contributed by atoms with van der Waals surface area (Å²) < 4.78 is 2.13. The molecule has 0 atom stereocenters. The Bertz CT molecular complexity index is 448. The van der Waals surface area contributed by atoms with E-state index in [4.69, 9.17) is 5.11 Å². The van der Waals surface area contributed by atoms with Crippen molar-refractivity contribution >= 4 is 11.0 Å². The molecule has 0 saturated carbocycles. The first-order valence-corrected chi connectivity index (χ1v) is 5.39. The molecule has 1 heterocycles. The number of benzene rings is 1. The zero-order chi connectivity index (χ0) is 10.7. The summed E-state index contributed by atoms with van der Waals surface area (Å²) in [5.41, 5.74) is 3.48. The summed E-state index contributed by atoms with van der Waals surface area (Å²) in [7, 11) is 0. The third kappa shape index (κ3) is 2.02. The number of imidazole rings is 1. The molecule has 0 unspecified atom stereocenters. The first-order chi connectivity index (χ1) is 7.35. The van der Waals surface area contributed by atoms with E-state index in [9.17, 15) is 0 Å². The molecular weight excluding hydrogens is 188 g/mol. The van der Waals surface area contributed by atoms with Crippen LogP contribution in [0.5, 0.6) is 0 Å². The number of aryl methyl sites for hydroxylation is 2. The van der Waals surface area contributed by atoms with Crippen LogP contribution >= 0.6 is 0 Å². The molecule has 0 bridgehead atoms. The van der Waals surface area contributed by atoms with Gasteiger partial charge in [0.05, 0.1) is 17.4 Å². The summed E-state index contributed by atoms with van der Waals surface area (Å²) in [6.45, 7) is 3.31. The molecule has 3 nitrogen and oxygen atoms in total. The van der Waals surface area contributed by atoms with Crippen LogP contribution < -0.4 is 0 Å². The summed E-state index contributed by atoms with van der Waals surface area (Å²) in [6.07, 6.45) is 3.62. The molecule has 3 heteroatoms. The molecule has 1 N–H and O–H groups in total. The number of aromatic nitrogens is 2. The highest BCUT2D eigenvalue weighted by Gasteiger charge is 2.01. The minimum absolute atomic E-state index is 0.251. The van der Waals surface area contributed by atoms with E-state index in [1.54, 1.807) is 0 Å². The van der Waals surface area contributed by atoms with Crippen LogP contribution in [0.25, 0.3) is 11.0 Å². The number of aliphatic hydroxyl groups is 1. The Kier molecular flexibility index (Phi) is 3.02. The molecule has 2 aromatic rings. The summed E-state index contributed by atoms with van der Waals surface area (Å²) in [5.74, 6) is 0. The third-order valence-electron chi connectivity index (χ3n) is 2.65. The minimum Gasteiger partial charge on any atom is -0.396 e. The van der Waals surface area contributed by atoms with Crippen molar-refractivity contribution in [3.63, 3.8) is 0 Å². The Morgan fingerprint density at radius 3 is 3.00 bits per heavy atom. The fraction of sp³-hybridized carbons (Fsp3) is 0.417. The van der Waals surface area contributed by atoms with Crippen molar-refractivity contribution in [3.05, 3.63) is 30.1 Å². The largest absolute Gasteiger partial charge is 0.396 e. The Balaban J connectivity index is 2.31. The molecule has 0 fully saturated rings. The van der Waals surface area contributed by atoms with Crippen molar-refractivity contribution in [1.29, 1.82) is 0 Å². The Labute approximate surface area is 89.4 Å². The highest BCUT2D eigenvalue weighted by atomic mass is 16.2. The standard InChI is InChI=1S/C12H16N2O/c1-2-14-9-13-11-8-10(4-3-7-15)5-6-12(11)14/h5-6,8-9,15H,2-4,7H2,1H3. The molecule has 2 rings (SSSR count). The van der Waals surface area contributed by atoms with Gasteiger partial charge >= 0.3 is 0 Å². The SMILES string of the molecule is CCn1cnc2cc(CCCO)ccc21. The van der Waals surface area contributed by atoms with Crippen molar-refractivity contribution < 1.29 is 5.11 Å². The summed E-state index contributed by atoms with van der Waals surface area (Å²) in [5, 5.41) is 8.76. The molecule has 0 aliphatic rings. The van der Waals surface area contributed by atoms with E-state index in [-0.39, 0.29) is 6.61 Å². The molecule has 1 aromatic heterocycles. The van der Waals surface area contributed by atoms with Crippen LogP contribution in [0.3, 0.4) is 0 Å². The van der Waals surface area contributed by atoms with Crippen LogP contribution in [0, 0.1) is 0 Å². The average Bonchev–Trinajstić information content (AvgIpc) is 2.68. The van der Waals surface area contributed by atoms with Crippen LogP contribution in [0.2, 0.25) is 0 Å². The molecule has 0 aliphatic carbocycles. The Morgan fingerprint density at radius 1 is 1.40 bits per heavy atom. The van der Waals surface area contributed by atoms with Gasteiger partial charge in [-0.25, -0.2) is 4.98 Å². The van der Waals surface area contributed by atoms with E-state index in [0.717, 1.165) is 24.9 Å². The lowest BCUT2D eigenvalue weighted by Gasteiger charge is -2.01.